The van der Waals surface area contributed by atoms with Crippen LogP contribution in [0.3, 0.4) is 0 Å². The van der Waals surface area contributed by atoms with Crippen LogP contribution in [0, 0.1) is 0 Å². The van der Waals surface area contributed by atoms with E-state index < -0.39 is 0 Å². The third kappa shape index (κ3) is 3.97. The summed E-state index contributed by atoms with van der Waals surface area (Å²) in [6, 6.07) is 13.0. The Morgan fingerprint density at radius 1 is 1.23 bits per heavy atom. The van der Waals surface area contributed by atoms with Crippen LogP contribution in [0.15, 0.2) is 42.5 Å². The van der Waals surface area contributed by atoms with Crippen LogP contribution >= 0.6 is 0 Å². The van der Waals surface area contributed by atoms with E-state index in [4.69, 9.17) is 4.74 Å². The van der Waals surface area contributed by atoms with Crippen molar-refractivity contribution in [3.05, 3.63) is 53.9 Å². The minimum Gasteiger partial charge on any atom is -0.480 e. The Balaban J connectivity index is 1.61. The molecule has 3 rings (SSSR count). The number of carbonyl (C=O) groups excluding carboxylic acids is 1. The fourth-order valence-corrected chi connectivity index (χ4v) is 2.63. The molecule has 1 aromatic carbocycles. The molecule has 0 saturated heterocycles. The number of benzene rings is 1. The summed E-state index contributed by atoms with van der Waals surface area (Å²) in [4.78, 5) is 14.3. The number of methoxy groups -OCH3 is 1. The summed E-state index contributed by atoms with van der Waals surface area (Å²) >= 11 is 0. The summed E-state index contributed by atoms with van der Waals surface area (Å²) in [7, 11) is 3.35. The first-order chi connectivity index (χ1) is 12.6. The number of ether oxygens (including phenoxy) is 1. The zero-order valence-corrected chi connectivity index (χ0v) is 15.1. The molecule has 8 nitrogen and oxygen atoms in total. The smallest absolute Gasteiger partial charge is 0.239 e. The second-order valence-electron chi connectivity index (χ2n) is 6.04. The van der Waals surface area contributed by atoms with Crippen LogP contribution in [-0.2, 0) is 17.9 Å². The number of aromatic nitrogens is 4. The van der Waals surface area contributed by atoms with Crippen molar-refractivity contribution < 1.29 is 9.53 Å². The molecule has 2 aromatic heterocycles. The molecule has 1 N–H and O–H groups in total. The van der Waals surface area contributed by atoms with Gasteiger partial charge in [-0.25, -0.2) is 0 Å². The summed E-state index contributed by atoms with van der Waals surface area (Å²) in [5, 5.41) is 15.7. The Hall–Kier alpha value is -3.00. The Kier molecular flexibility index (Phi) is 5.43. The van der Waals surface area contributed by atoms with Crippen molar-refractivity contribution in [2.45, 2.75) is 26.1 Å². The zero-order valence-electron chi connectivity index (χ0n) is 15.1. The largest absolute Gasteiger partial charge is 0.480 e. The van der Waals surface area contributed by atoms with E-state index in [0.717, 1.165) is 5.56 Å². The lowest BCUT2D eigenvalue weighted by atomic mass is 10.2. The lowest BCUT2D eigenvalue weighted by molar-refractivity contribution is -0.132. The summed E-state index contributed by atoms with van der Waals surface area (Å²) in [5.41, 5.74) is 1.72. The van der Waals surface area contributed by atoms with Crippen LogP contribution < -0.4 is 10.1 Å². The van der Waals surface area contributed by atoms with Gasteiger partial charge in [0.15, 0.2) is 11.5 Å². The molecule has 0 fully saturated rings. The Labute approximate surface area is 151 Å². The van der Waals surface area contributed by atoms with E-state index in [-0.39, 0.29) is 11.9 Å². The van der Waals surface area contributed by atoms with Gasteiger partial charge >= 0.3 is 0 Å². The van der Waals surface area contributed by atoms with Crippen LogP contribution in [0.1, 0.15) is 18.3 Å². The maximum Gasteiger partial charge on any atom is 0.239 e. The lowest BCUT2D eigenvalue weighted by Crippen LogP contribution is -2.42. The van der Waals surface area contributed by atoms with Crippen molar-refractivity contribution in [3.8, 4) is 5.88 Å². The highest BCUT2D eigenvalue weighted by Crippen LogP contribution is 2.09. The van der Waals surface area contributed by atoms with Gasteiger partial charge in [0, 0.05) is 19.7 Å². The molecule has 0 radical (unpaired) electrons. The van der Waals surface area contributed by atoms with E-state index in [0.29, 0.717) is 30.4 Å². The van der Waals surface area contributed by atoms with Crippen molar-refractivity contribution in [3.63, 3.8) is 0 Å². The van der Waals surface area contributed by atoms with E-state index in [1.54, 1.807) is 35.7 Å². The molecule has 1 unspecified atom stereocenters. The van der Waals surface area contributed by atoms with E-state index in [1.165, 1.54) is 0 Å². The van der Waals surface area contributed by atoms with E-state index in [2.05, 4.69) is 20.6 Å². The number of fused-ring (bicyclic) bond motifs is 1. The van der Waals surface area contributed by atoms with Gasteiger partial charge in [-0.3, -0.25) is 10.1 Å². The number of hydrogen-bond acceptors (Lipinski definition) is 6. The summed E-state index contributed by atoms with van der Waals surface area (Å²) in [5.74, 6) is 1.10. The van der Waals surface area contributed by atoms with Gasteiger partial charge in [-0.1, -0.05) is 30.3 Å². The molecule has 0 aliphatic rings. The molecule has 1 atom stereocenters. The van der Waals surface area contributed by atoms with Crippen molar-refractivity contribution in [2.75, 3.05) is 14.2 Å². The van der Waals surface area contributed by atoms with E-state index in [1.807, 2.05) is 37.3 Å². The Morgan fingerprint density at radius 3 is 2.73 bits per heavy atom. The average molecular weight is 354 g/mol. The average Bonchev–Trinajstić information content (AvgIpc) is 3.08. The minimum absolute atomic E-state index is 0.00761. The maximum absolute atomic E-state index is 12.6. The normalized spacial score (nSPS) is 12.1. The second-order valence-corrected chi connectivity index (χ2v) is 6.04. The number of amides is 1. The topological polar surface area (TPSA) is 84.7 Å². The number of carbonyl (C=O) groups is 1. The summed E-state index contributed by atoms with van der Waals surface area (Å²) in [6.45, 7) is 2.77. The molecule has 26 heavy (non-hydrogen) atoms. The molecule has 8 heteroatoms. The summed E-state index contributed by atoms with van der Waals surface area (Å²) < 4.78 is 6.74. The quantitative estimate of drug-likeness (QED) is 0.688. The van der Waals surface area contributed by atoms with Crippen LogP contribution in [0.25, 0.3) is 5.65 Å². The third-order valence-corrected chi connectivity index (χ3v) is 4.09. The van der Waals surface area contributed by atoms with Crippen molar-refractivity contribution in [1.82, 2.24) is 30.0 Å². The van der Waals surface area contributed by atoms with Crippen molar-refractivity contribution >= 4 is 11.6 Å². The van der Waals surface area contributed by atoms with Crippen LogP contribution in [0.5, 0.6) is 5.88 Å². The molecule has 0 aliphatic carbocycles. The highest BCUT2D eigenvalue weighted by atomic mass is 16.5. The Morgan fingerprint density at radius 2 is 2.00 bits per heavy atom. The van der Waals surface area contributed by atoms with Crippen molar-refractivity contribution in [1.29, 1.82) is 0 Å². The lowest BCUT2D eigenvalue weighted by Gasteiger charge is -2.22. The van der Waals surface area contributed by atoms with Gasteiger partial charge in [0.1, 0.15) is 0 Å². The molecule has 1 amide bonds. The van der Waals surface area contributed by atoms with Gasteiger partial charge in [-0.15, -0.1) is 15.3 Å². The fraction of sp³-hybridized carbons (Fsp3) is 0.333. The summed E-state index contributed by atoms with van der Waals surface area (Å²) in [6.07, 6.45) is 0. The first-order valence-electron chi connectivity index (χ1n) is 8.36. The minimum atomic E-state index is -0.360. The van der Waals surface area contributed by atoms with Gasteiger partial charge in [0.05, 0.1) is 19.7 Å². The van der Waals surface area contributed by atoms with E-state index in [9.17, 15) is 4.79 Å². The highest BCUT2D eigenvalue weighted by Gasteiger charge is 2.18. The fourth-order valence-electron chi connectivity index (χ4n) is 2.63. The molecule has 0 saturated carbocycles. The van der Waals surface area contributed by atoms with Gasteiger partial charge < -0.3 is 9.64 Å². The number of nitrogens with zero attached hydrogens (tertiary/aromatic N) is 5. The number of likely N-dealkylation sites (N-methyl/N-ethyl adjacent to an activating group) is 1. The van der Waals surface area contributed by atoms with Gasteiger partial charge in [-0.05, 0) is 18.6 Å². The number of hydrogen-bond donors (Lipinski definition) is 1. The monoisotopic (exact) mass is 354 g/mol. The molecule has 3 aromatic rings. The van der Waals surface area contributed by atoms with E-state index >= 15 is 0 Å². The zero-order chi connectivity index (χ0) is 18.5. The predicted octanol–water partition coefficient (Wildman–Crippen LogP) is 1.27. The van der Waals surface area contributed by atoms with Gasteiger partial charge in [0.2, 0.25) is 11.8 Å². The molecule has 0 bridgehead atoms. The maximum atomic E-state index is 12.6. The Bertz CT molecular complexity index is 880. The predicted molar refractivity (Wildman–Crippen MR) is 96.6 cm³/mol. The second kappa shape index (κ2) is 7.92. The molecular weight excluding hydrogens is 332 g/mol. The third-order valence-electron chi connectivity index (χ3n) is 4.09. The highest BCUT2D eigenvalue weighted by molar-refractivity contribution is 5.81. The molecule has 0 aliphatic heterocycles. The molecule has 136 valence electrons. The van der Waals surface area contributed by atoms with Crippen LogP contribution in [0.2, 0.25) is 0 Å². The SMILES string of the molecule is COc1ccc2nnc(CNC(C)C(=O)N(C)Cc3ccccc3)n2n1. The number of rotatable bonds is 7. The standard InChI is InChI=1S/C18H22N6O2/c1-13(18(25)23(2)12-14-7-5-4-6-8-14)19-11-16-21-20-15-9-10-17(26-3)22-24(15)16/h4-10,13,19H,11-12H2,1-3H3. The van der Waals surface area contributed by atoms with Crippen molar-refractivity contribution in [2.24, 2.45) is 0 Å². The number of nitrogens with one attached hydrogen (secondary N) is 1. The molecule has 2 heterocycles. The van der Waals surface area contributed by atoms with Crippen LogP contribution in [0.4, 0.5) is 0 Å². The van der Waals surface area contributed by atoms with Gasteiger partial charge in [-0.2, -0.15) is 4.52 Å². The first-order valence-corrected chi connectivity index (χ1v) is 8.36. The molecule has 0 spiro atoms. The van der Waals surface area contributed by atoms with Gasteiger partial charge in [0.25, 0.3) is 0 Å². The first kappa shape index (κ1) is 17.8. The van der Waals surface area contributed by atoms with Crippen LogP contribution in [-0.4, -0.2) is 50.8 Å². The molecular formula is C18H22N6O2.